The Hall–Kier alpha value is -0.910. The highest BCUT2D eigenvalue weighted by Gasteiger charge is 1.95. The number of hydrogen-bond acceptors (Lipinski definition) is 3. The van der Waals surface area contributed by atoms with Crippen LogP contribution in [-0.2, 0) is 4.79 Å². The van der Waals surface area contributed by atoms with Gasteiger partial charge < -0.3 is 16.6 Å². The van der Waals surface area contributed by atoms with Crippen LogP contribution >= 0.6 is 11.8 Å². The van der Waals surface area contributed by atoms with E-state index >= 15 is 0 Å². The van der Waals surface area contributed by atoms with Gasteiger partial charge in [0.2, 0.25) is 0 Å². The van der Waals surface area contributed by atoms with Crippen molar-refractivity contribution in [3.05, 3.63) is 0 Å². The first kappa shape index (κ1) is 12.1. The molecule has 0 radical (unpaired) electrons. The van der Waals surface area contributed by atoms with Crippen molar-refractivity contribution >= 4 is 23.7 Å². The van der Waals surface area contributed by atoms with Crippen molar-refractivity contribution in [2.75, 3.05) is 11.6 Å². The molecule has 0 saturated heterocycles. The molecule has 13 heavy (non-hydrogen) atoms. The number of nitrogens with zero attached hydrogens (tertiary/aromatic N) is 1. The summed E-state index contributed by atoms with van der Waals surface area (Å²) in [5.74, 6) is 0.798. The number of rotatable bonds is 7. The highest BCUT2D eigenvalue weighted by atomic mass is 32.2. The van der Waals surface area contributed by atoms with E-state index in [0.29, 0.717) is 12.3 Å². The van der Waals surface area contributed by atoms with E-state index in [1.165, 1.54) is 0 Å². The second kappa shape index (κ2) is 7.72. The van der Waals surface area contributed by atoms with Gasteiger partial charge in [-0.3, -0.25) is 4.79 Å². The molecule has 0 aliphatic rings. The molecule has 0 unspecified atom stereocenters. The molecule has 0 aliphatic carbocycles. The third-order valence-corrected chi connectivity index (χ3v) is 2.16. The average molecular weight is 205 g/mol. The topological polar surface area (TPSA) is 102 Å². The van der Waals surface area contributed by atoms with E-state index in [2.05, 4.69) is 4.99 Å². The molecule has 6 heteroatoms. The van der Waals surface area contributed by atoms with Crippen molar-refractivity contribution in [2.24, 2.45) is 16.5 Å². The Balaban J connectivity index is 3.09. The summed E-state index contributed by atoms with van der Waals surface area (Å²) in [6.07, 6.45) is 1.84. The molecular formula is C7H15N3O2S. The van der Waals surface area contributed by atoms with Crippen LogP contribution in [0.2, 0.25) is 0 Å². The predicted octanol–water partition coefficient (Wildman–Crippen LogP) is 0.205. The van der Waals surface area contributed by atoms with Crippen LogP contribution in [0.4, 0.5) is 0 Å². The minimum Gasteiger partial charge on any atom is -0.481 e. The number of carboxylic acid groups (broad SMARTS) is 1. The van der Waals surface area contributed by atoms with Crippen LogP contribution in [0.3, 0.4) is 0 Å². The molecule has 0 aromatic carbocycles. The van der Waals surface area contributed by atoms with Gasteiger partial charge in [0.1, 0.15) is 0 Å². The highest BCUT2D eigenvalue weighted by Crippen LogP contribution is 2.05. The largest absolute Gasteiger partial charge is 0.481 e. The van der Waals surface area contributed by atoms with Gasteiger partial charge in [-0.15, -0.1) is 11.8 Å². The van der Waals surface area contributed by atoms with Gasteiger partial charge in [0.05, 0.1) is 5.88 Å². The third-order valence-electron chi connectivity index (χ3n) is 1.27. The SMILES string of the molecule is NC(N)=NCSCCCCC(=O)O. The zero-order valence-corrected chi connectivity index (χ0v) is 8.22. The smallest absolute Gasteiger partial charge is 0.303 e. The van der Waals surface area contributed by atoms with Gasteiger partial charge in [-0.25, -0.2) is 4.99 Å². The fourth-order valence-electron chi connectivity index (χ4n) is 0.665. The normalized spacial score (nSPS) is 9.54. The Morgan fingerprint density at radius 3 is 2.62 bits per heavy atom. The van der Waals surface area contributed by atoms with Crippen LogP contribution in [-0.4, -0.2) is 28.7 Å². The summed E-state index contributed by atoms with van der Waals surface area (Å²) in [6.45, 7) is 0. The van der Waals surface area contributed by atoms with Gasteiger partial charge in [0.25, 0.3) is 0 Å². The van der Waals surface area contributed by atoms with E-state index in [-0.39, 0.29) is 12.4 Å². The second-order valence-electron chi connectivity index (χ2n) is 2.47. The molecule has 5 N–H and O–H groups in total. The molecule has 0 saturated carbocycles. The van der Waals surface area contributed by atoms with Crippen LogP contribution in [0.15, 0.2) is 4.99 Å². The lowest BCUT2D eigenvalue weighted by atomic mass is 10.3. The lowest BCUT2D eigenvalue weighted by molar-refractivity contribution is -0.137. The molecule has 5 nitrogen and oxygen atoms in total. The molecular weight excluding hydrogens is 190 g/mol. The first-order valence-electron chi connectivity index (χ1n) is 3.98. The van der Waals surface area contributed by atoms with Gasteiger partial charge in [-0.05, 0) is 18.6 Å². The summed E-state index contributed by atoms with van der Waals surface area (Å²) >= 11 is 1.59. The molecule has 0 rings (SSSR count). The van der Waals surface area contributed by atoms with E-state index in [0.717, 1.165) is 12.2 Å². The van der Waals surface area contributed by atoms with E-state index in [1.807, 2.05) is 0 Å². The van der Waals surface area contributed by atoms with E-state index in [1.54, 1.807) is 11.8 Å². The fraction of sp³-hybridized carbons (Fsp3) is 0.714. The van der Waals surface area contributed by atoms with Crippen molar-refractivity contribution in [1.82, 2.24) is 0 Å². The maximum Gasteiger partial charge on any atom is 0.303 e. The zero-order chi connectivity index (χ0) is 10.1. The molecule has 0 heterocycles. The summed E-state index contributed by atoms with van der Waals surface area (Å²) in [7, 11) is 0. The molecule has 0 amide bonds. The summed E-state index contributed by atoms with van der Waals surface area (Å²) in [6, 6.07) is 0. The first-order valence-corrected chi connectivity index (χ1v) is 5.13. The Bertz CT molecular complexity index is 181. The Morgan fingerprint density at radius 1 is 1.38 bits per heavy atom. The summed E-state index contributed by atoms with van der Waals surface area (Å²) in [5.41, 5.74) is 10.2. The lowest BCUT2D eigenvalue weighted by Crippen LogP contribution is -2.22. The maximum atomic E-state index is 10.1. The fourth-order valence-corrected chi connectivity index (χ4v) is 1.44. The van der Waals surface area contributed by atoms with Gasteiger partial charge in [-0.2, -0.15) is 0 Å². The predicted molar refractivity (Wildman–Crippen MR) is 54.6 cm³/mol. The number of carboxylic acids is 1. The average Bonchev–Trinajstić information content (AvgIpc) is 2.01. The monoisotopic (exact) mass is 205 g/mol. The first-order chi connectivity index (χ1) is 6.13. The van der Waals surface area contributed by atoms with Crippen molar-refractivity contribution in [2.45, 2.75) is 19.3 Å². The highest BCUT2D eigenvalue weighted by molar-refractivity contribution is 7.99. The van der Waals surface area contributed by atoms with Crippen LogP contribution in [0.5, 0.6) is 0 Å². The van der Waals surface area contributed by atoms with Crippen molar-refractivity contribution in [1.29, 1.82) is 0 Å². The molecule has 0 atom stereocenters. The number of unbranched alkanes of at least 4 members (excludes halogenated alkanes) is 1. The second-order valence-corrected chi connectivity index (χ2v) is 3.55. The van der Waals surface area contributed by atoms with Crippen molar-refractivity contribution < 1.29 is 9.90 Å². The van der Waals surface area contributed by atoms with E-state index in [4.69, 9.17) is 16.6 Å². The summed E-state index contributed by atoms with van der Waals surface area (Å²) < 4.78 is 0. The molecule has 0 aromatic rings. The summed E-state index contributed by atoms with van der Waals surface area (Å²) in [5, 5.41) is 8.33. The van der Waals surface area contributed by atoms with Crippen LogP contribution in [0.1, 0.15) is 19.3 Å². The molecule has 0 fully saturated rings. The van der Waals surface area contributed by atoms with Gasteiger partial charge in [-0.1, -0.05) is 0 Å². The number of nitrogens with two attached hydrogens (primary N) is 2. The number of aliphatic carboxylic acids is 1. The lowest BCUT2D eigenvalue weighted by Gasteiger charge is -1.97. The standard InChI is InChI=1S/C7H15N3O2S/c8-7(9)10-5-13-4-2-1-3-6(11)12/h1-5H2,(H,11,12)(H4,8,9,10). The minimum absolute atomic E-state index is 0.0954. The van der Waals surface area contributed by atoms with Gasteiger partial charge >= 0.3 is 5.97 Å². The van der Waals surface area contributed by atoms with Crippen molar-refractivity contribution in [3.63, 3.8) is 0 Å². The number of aliphatic imine (C=N–C) groups is 1. The van der Waals surface area contributed by atoms with Crippen molar-refractivity contribution in [3.8, 4) is 0 Å². The molecule has 0 aromatic heterocycles. The Kier molecular flexibility index (Phi) is 7.18. The van der Waals surface area contributed by atoms with E-state index in [9.17, 15) is 4.79 Å². The molecule has 0 spiro atoms. The van der Waals surface area contributed by atoms with Gasteiger partial charge in [0, 0.05) is 6.42 Å². The summed E-state index contributed by atoms with van der Waals surface area (Å²) in [4.78, 5) is 13.9. The van der Waals surface area contributed by atoms with Crippen LogP contribution < -0.4 is 11.5 Å². The number of carbonyl (C=O) groups is 1. The van der Waals surface area contributed by atoms with Crippen LogP contribution in [0.25, 0.3) is 0 Å². The maximum absolute atomic E-state index is 10.1. The van der Waals surface area contributed by atoms with Crippen LogP contribution in [0, 0.1) is 0 Å². The van der Waals surface area contributed by atoms with Gasteiger partial charge in [0.15, 0.2) is 5.96 Å². The molecule has 0 bridgehead atoms. The quantitative estimate of drug-likeness (QED) is 0.313. The van der Waals surface area contributed by atoms with E-state index < -0.39 is 5.97 Å². The number of thioether (sulfide) groups is 1. The Morgan fingerprint density at radius 2 is 2.08 bits per heavy atom. The number of guanidine groups is 1. The molecule has 0 aliphatic heterocycles. The number of hydrogen-bond donors (Lipinski definition) is 3. The molecule has 76 valence electrons. The third kappa shape index (κ3) is 11.1. The Labute approximate surface area is 81.6 Å². The zero-order valence-electron chi connectivity index (χ0n) is 7.40. The minimum atomic E-state index is -0.741.